The van der Waals surface area contributed by atoms with Crippen LogP contribution < -0.4 is 0 Å². The number of hydrogen-bond donors (Lipinski definition) is 0. The fourth-order valence-electron chi connectivity index (χ4n) is 1.76. The van der Waals surface area contributed by atoms with Crippen molar-refractivity contribution in [1.29, 1.82) is 0 Å². The van der Waals surface area contributed by atoms with Crippen LogP contribution in [0.15, 0.2) is 0 Å². The van der Waals surface area contributed by atoms with E-state index in [2.05, 4.69) is 18.7 Å². The highest BCUT2D eigenvalue weighted by Gasteiger charge is 2.33. The van der Waals surface area contributed by atoms with Crippen molar-refractivity contribution in [2.75, 3.05) is 6.54 Å². The van der Waals surface area contributed by atoms with Crippen LogP contribution in [0.3, 0.4) is 0 Å². The molecule has 1 saturated heterocycles. The van der Waals surface area contributed by atoms with Crippen LogP contribution in [-0.4, -0.2) is 27.3 Å². The number of likely N-dealkylation sites (tertiary alicyclic amines) is 1. The number of rotatable bonds is 2. The molecule has 1 nitrogen and oxygen atoms in total. The Hall–Kier alpha value is 0.830. The molecule has 4 heteroatoms. The van der Waals surface area contributed by atoms with E-state index in [1.807, 2.05) is 0 Å². The first-order valence-electron chi connectivity index (χ1n) is 4.22. The molecule has 0 aliphatic carbocycles. The summed E-state index contributed by atoms with van der Waals surface area (Å²) in [6.45, 7) is 5.30. The van der Waals surface area contributed by atoms with Gasteiger partial charge >= 0.3 is 0 Å². The van der Waals surface area contributed by atoms with Crippen molar-refractivity contribution in [3.63, 3.8) is 0 Å². The van der Waals surface area contributed by atoms with E-state index < -0.39 is 3.79 Å². The molecule has 12 heavy (non-hydrogen) atoms. The SMILES string of the molecule is CC1CC(C)N1CCC(Cl)(Cl)Cl. The molecule has 2 unspecified atom stereocenters. The molecule has 0 radical (unpaired) electrons. The Labute approximate surface area is 89.0 Å². The van der Waals surface area contributed by atoms with Crippen molar-refractivity contribution in [3.8, 4) is 0 Å². The molecular formula is C8H14Cl3N. The summed E-state index contributed by atoms with van der Waals surface area (Å²) in [7, 11) is 0. The molecule has 1 aliphatic rings. The molecule has 72 valence electrons. The van der Waals surface area contributed by atoms with Gasteiger partial charge in [-0.05, 0) is 20.3 Å². The van der Waals surface area contributed by atoms with Gasteiger partial charge in [0.15, 0.2) is 3.79 Å². The molecule has 0 aromatic carbocycles. The largest absolute Gasteiger partial charge is 0.298 e. The summed E-state index contributed by atoms with van der Waals surface area (Å²) in [6.07, 6.45) is 1.88. The number of hydrogen-bond acceptors (Lipinski definition) is 1. The van der Waals surface area contributed by atoms with E-state index in [-0.39, 0.29) is 0 Å². The number of alkyl halides is 3. The summed E-state index contributed by atoms with van der Waals surface area (Å²) < 4.78 is -1.09. The molecule has 0 amide bonds. The van der Waals surface area contributed by atoms with Crippen molar-refractivity contribution < 1.29 is 0 Å². The van der Waals surface area contributed by atoms with Crippen LogP contribution in [0.25, 0.3) is 0 Å². The summed E-state index contributed by atoms with van der Waals surface area (Å²) in [5.41, 5.74) is 0. The minimum atomic E-state index is -1.09. The topological polar surface area (TPSA) is 3.24 Å². The molecule has 1 aliphatic heterocycles. The minimum Gasteiger partial charge on any atom is -0.298 e. The molecule has 0 bridgehead atoms. The van der Waals surface area contributed by atoms with E-state index in [1.165, 1.54) is 6.42 Å². The average Bonchev–Trinajstić information content (AvgIpc) is 1.84. The molecular weight excluding hydrogens is 216 g/mol. The Morgan fingerprint density at radius 3 is 2.08 bits per heavy atom. The Morgan fingerprint density at radius 1 is 1.25 bits per heavy atom. The predicted octanol–water partition coefficient (Wildman–Crippen LogP) is 3.23. The maximum atomic E-state index is 5.66. The Balaban J connectivity index is 2.23. The number of nitrogens with zero attached hydrogens (tertiary/aromatic N) is 1. The van der Waals surface area contributed by atoms with E-state index in [9.17, 15) is 0 Å². The molecule has 1 heterocycles. The first-order valence-corrected chi connectivity index (χ1v) is 5.36. The van der Waals surface area contributed by atoms with Crippen LogP contribution in [0.4, 0.5) is 0 Å². The molecule has 0 aromatic heterocycles. The third kappa shape index (κ3) is 2.95. The predicted molar refractivity (Wildman–Crippen MR) is 55.2 cm³/mol. The molecule has 1 rings (SSSR count). The fourth-order valence-corrected chi connectivity index (χ4v) is 2.01. The zero-order valence-corrected chi connectivity index (χ0v) is 9.62. The first kappa shape index (κ1) is 10.9. The Kier molecular flexibility index (Phi) is 3.56. The smallest absolute Gasteiger partial charge is 0.191 e. The van der Waals surface area contributed by atoms with Crippen molar-refractivity contribution >= 4 is 34.8 Å². The van der Waals surface area contributed by atoms with Crippen molar-refractivity contribution in [2.45, 2.75) is 42.6 Å². The second-order valence-corrected chi connectivity index (χ2v) is 6.05. The van der Waals surface area contributed by atoms with E-state index in [4.69, 9.17) is 34.8 Å². The maximum absolute atomic E-state index is 5.66. The third-order valence-corrected chi connectivity index (χ3v) is 3.03. The Bertz CT molecular complexity index is 147. The van der Waals surface area contributed by atoms with E-state index >= 15 is 0 Å². The summed E-state index contributed by atoms with van der Waals surface area (Å²) in [5, 5.41) is 0. The quantitative estimate of drug-likeness (QED) is 0.659. The van der Waals surface area contributed by atoms with Gasteiger partial charge in [0.25, 0.3) is 0 Å². The molecule has 1 fully saturated rings. The van der Waals surface area contributed by atoms with Gasteiger partial charge < -0.3 is 0 Å². The Morgan fingerprint density at radius 2 is 1.75 bits per heavy atom. The lowest BCUT2D eigenvalue weighted by molar-refractivity contribution is 0.0374. The van der Waals surface area contributed by atoms with Crippen LogP contribution >= 0.6 is 34.8 Å². The van der Waals surface area contributed by atoms with Gasteiger partial charge in [-0.1, -0.05) is 34.8 Å². The van der Waals surface area contributed by atoms with Gasteiger partial charge in [-0.2, -0.15) is 0 Å². The van der Waals surface area contributed by atoms with E-state index in [1.54, 1.807) is 0 Å². The monoisotopic (exact) mass is 229 g/mol. The summed E-state index contributed by atoms with van der Waals surface area (Å²) >= 11 is 17.0. The van der Waals surface area contributed by atoms with Crippen LogP contribution in [0, 0.1) is 0 Å². The molecule has 0 aromatic rings. The van der Waals surface area contributed by atoms with E-state index in [0.29, 0.717) is 18.5 Å². The second kappa shape index (κ2) is 3.91. The standard InChI is InChI=1S/C8H14Cl3N/c1-6-5-7(2)12(6)4-3-8(9,10)11/h6-7H,3-5H2,1-2H3. The number of halogens is 3. The zero-order valence-electron chi connectivity index (χ0n) is 7.36. The lowest BCUT2D eigenvalue weighted by Crippen LogP contribution is -2.53. The van der Waals surface area contributed by atoms with E-state index in [0.717, 1.165) is 6.54 Å². The molecule has 0 spiro atoms. The van der Waals surface area contributed by atoms with Gasteiger partial charge in [0.1, 0.15) is 0 Å². The van der Waals surface area contributed by atoms with Crippen LogP contribution in [0.5, 0.6) is 0 Å². The second-order valence-electron chi connectivity index (χ2n) is 3.54. The fraction of sp³-hybridized carbons (Fsp3) is 1.00. The van der Waals surface area contributed by atoms with Gasteiger partial charge in [0, 0.05) is 25.0 Å². The van der Waals surface area contributed by atoms with Gasteiger partial charge in [-0.3, -0.25) is 4.90 Å². The maximum Gasteiger partial charge on any atom is 0.191 e. The van der Waals surface area contributed by atoms with Crippen LogP contribution in [0.1, 0.15) is 26.7 Å². The third-order valence-electron chi connectivity index (χ3n) is 2.47. The van der Waals surface area contributed by atoms with Crippen molar-refractivity contribution in [2.24, 2.45) is 0 Å². The summed E-state index contributed by atoms with van der Waals surface area (Å²) in [4.78, 5) is 2.36. The molecule has 0 saturated carbocycles. The zero-order chi connectivity index (χ0) is 9.35. The van der Waals surface area contributed by atoms with Crippen molar-refractivity contribution in [1.82, 2.24) is 4.90 Å². The van der Waals surface area contributed by atoms with Gasteiger partial charge in [0.05, 0.1) is 0 Å². The average molecular weight is 231 g/mol. The minimum absolute atomic E-state index is 0.617. The normalized spacial score (nSPS) is 31.8. The molecule has 2 atom stereocenters. The highest BCUT2D eigenvalue weighted by Crippen LogP contribution is 2.33. The van der Waals surface area contributed by atoms with Crippen molar-refractivity contribution in [3.05, 3.63) is 0 Å². The van der Waals surface area contributed by atoms with Gasteiger partial charge in [-0.25, -0.2) is 0 Å². The van der Waals surface area contributed by atoms with Gasteiger partial charge in [-0.15, -0.1) is 0 Å². The lowest BCUT2D eigenvalue weighted by atomic mass is 9.96. The summed E-state index contributed by atoms with van der Waals surface area (Å²) in [6, 6.07) is 1.32. The summed E-state index contributed by atoms with van der Waals surface area (Å²) in [5.74, 6) is 0. The van der Waals surface area contributed by atoms with Crippen LogP contribution in [-0.2, 0) is 0 Å². The lowest BCUT2D eigenvalue weighted by Gasteiger charge is -2.46. The van der Waals surface area contributed by atoms with Gasteiger partial charge in [0.2, 0.25) is 0 Å². The molecule has 0 N–H and O–H groups in total. The highest BCUT2D eigenvalue weighted by atomic mass is 35.6. The van der Waals surface area contributed by atoms with Crippen LogP contribution in [0.2, 0.25) is 0 Å². The first-order chi connectivity index (χ1) is 5.40. The highest BCUT2D eigenvalue weighted by molar-refractivity contribution is 6.67.